The molecule has 1 amide bonds. The van der Waals surface area contributed by atoms with Gasteiger partial charge in [0, 0.05) is 44.7 Å². The lowest BCUT2D eigenvalue weighted by Crippen LogP contribution is -2.48. The number of rotatable bonds is 14. The number of amides is 1. The average molecular weight is 585 g/mol. The van der Waals surface area contributed by atoms with E-state index >= 15 is 0 Å². The normalized spacial score (nSPS) is 13.0. The van der Waals surface area contributed by atoms with Crippen LogP contribution in [0.2, 0.25) is 0 Å². The zero-order valence-electron chi connectivity index (χ0n) is 23.0. The number of nitriles is 1. The summed E-state index contributed by atoms with van der Waals surface area (Å²) >= 11 is 0. The molecule has 0 saturated carbocycles. The number of nitrogens with zero attached hydrogens (tertiary/aromatic N) is 2. The van der Waals surface area contributed by atoms with Crippen LogP contribution in [0.1, 0.15) is 40.4 Å². The van der Waals surface area contributed by atoms with Crippen LogP contribution >= 0.6 is 0 Å². The molecule has 3 aromatic rings. The molecule has 8 nitrogen and oxygen atoms in total. The number of carbonyl (C=O) groups excluding carboxylic acids is 1. The van der Waals surface area contributed by atoms with Crippen molar-refractivity contribution in [3.8, 4) is 6.07 Å². The molecular weight excluding hydrogens is 550 g/mol. The molecule has 0 spiro atoms. The lowest BCUT2D eigenvalue weighted by Gasteiger charge is -2.25. The number of hydrogen-bond donors (Lipinski definition) is 3. The molecule has 3 rings (SSSR count). The minimum Gasteiger partial charge on any atom is -0.390 e. The molecule has 11 heteroatoms. The van der Waals surface area contributed by atoms with Gasteiger partial charge in [0.15, 0.2) is 0 Å². The van der Waals surface area contributed by atoms with Gasteiger partial charge in [-0.2, -0.15) is 9.57 Å². The SMILES string of the molecule is CCc1cccc(CNC[C@@H](O)[C@H](Cc2cc(F)cc(F)c2)NC(=O)c2ccc(S(=O)(=O)N(C)CCC#N)cc2)c1. The fourth-order valence-electron chi connectivity index (χ4n) is 4.27. The fraction of sp³-hybridized carbons (Fsp3) is 0.333. The van der Waals surface area contributed by atoms with Crippen LogP contribution < -0.4 is 10.6 Å². The first-order valence-corrected chi connectivity index (χ1v) is 14.6. The van der Waals surface area contributed by atoms with Gasteiger partial charge in [0.05, 0.1) is 23.1 Å². The Morgan fingerprint density at radius 3 is 2.32 bits per heavy atom. The number of sulfonamides is 1. The van der Waals surface area contributed by atoms with E-state index in [1.165, 1.54) is 36.9 Å². The molecule has 0 bridgehead atoms. The molecule has 3 N–H and O–H groups in total. The minimum absolute atomic E-state index is 0.0272. The quantitative estimate of drug-likeness (QED) is 0.266. The number of hydrogen-bond acceptors (Lipinski definition) is 6. The summed E-state index contributed by atoms with van der Waals surface area (Å²) in [6.45, 7) is 2.64. The van der Waals surface area contributed by atoms with Gasteiger partial charge in [0.25, 0.3) is 5.91 Å². The average Bonchev–Trinajstić information content (AvgIpc) is 2.95. The monoisotopic (exact) mass is 584 g/mol. The van der Waals surface area contributed by atoms with Gasteiger partial charge < -0.3 is 15.7 Å². The van der Waals surface area contributed by atoms with Crippen LogP contribution in [-0.4, -0.2) is 56.0 Å². The number of halogens is 2. The Bertz CT molecular complexity index is 1460. The second-order valence-electron chi connectivity index (χ2n) is 9.69. The Morgan fingerprint density at radius 2 is 1.68 bits per heavy atom. The van der Waals surface area contributed by atoms with Crippen molar-refractivity contribution in [3.05, 3.63) is 101 Å². The van der Waals surface area contributed by atoms with E-state index in [1.807, 2.05) is 24.3 Å². The summed E-state index contributed by atoms with van der Waals surface area (Å²) in [7, 11) is -2.48. The topological polar surface area (TPSA) is 123 Å². The maximum Gasteiger partial charge on any atom is 0.251 e. The lowest BCUT2D eigenvalue weighted by molar-refractivity contribution is 0.0829. The second kappa shape index (κ2) is 14.8. The van der Waals surface area contributed by atoms with Gasteiger partial charge in [-0.05, 0) is 65.9 Å². The zero-order valence-corrected chi connectivity index (χ0v) is 23.8. The first kappa shape index (κ1) is 31.8. The highest BCUT2D eigenvalue weighted by atomic mass is 32.2. The van der Waals surface area contributed by atoms with Gasteiger partial charge >= 0.3 is 0 Å². The molecule has 0 aliphatic rings. The lowest BCUT2D eigenvalue weighted by atomic mass is 10.00. The van der Waals surface area contributed by atoms with Gasteiger partial charge in [-0.1, -0.05) is 31.2 Å². The van der Waals surface area contributed by atoms with Crippen LogP contribution in [0.25, 0.3) is 0 Å². The smallest absolute Gasteiger partial charge is 0.251 e. The number of aliphatic hydroxyl groups excluding tert-OH is 1. The highest BCUT2D eigenvalue weighted by Crippen LogP contribution is 2.17. The van der Waals surface area contributed by atoms with E-state index in [4.69, 9.17) is 5.26 Å². The van der Waals surface area contributed by atoms with Gasteiger partial charge in [0.2, 0.25) is 10.0 Å². The van der Waals surface area contributed by atoms with Crippen LogP contribution in [0.5, 0.6) is 0 Å². The van der Waals surface area contributed by atoms with Crippen molar-refractivity contribution in [1.29, 1.82) is 5.26 Å². The molecule has 3 aromatic carbocycles. The molecule has 0 fully saturated rings. The van der Waals surface area contributed by atoms with Gasteiger partial charge in [-0.25, -0.2) is 17.2 Å². The highest BCUT2D eigenvalue weighted by molar-refractivity contribution is 7.89. The van der Waals surface area contributed by atoms with E-state index in [0.717, 1.165) is 34.5 Å². The predicted molar refractivity (Wildman–Crippen MR) is 151 cm³/mol. The Hall–Kier alpha value is -3.69. The van der Waals surface area contributed by atoms with E-state index in [1.54, 1.807) is 0 Å². The van der Waals surface area contributed by atoms with E-state index in [2.05, 4.69) is 23.6 Å². The van der Waals surface area contributed by atoms with E-state index in [9.17, 15) is 27.1 Å². The maximum absolute atomic E-state index is 13.8. The standard InChI is InChI=1S/C30H34F2N4O4S/c1-3-21-6-4-7-22(14-21)19-34-20-29(37)28(17-23-15-25(31)18-26(32)16-23)35-30(38)24-8-10-27(11-9-24)41(39,40)36(2)13-5-12-33/h4,6-11,14-16,18,28-29,34,37H,3,5,13,17,19-20H2,1-2H3,(H,35,38)/t28-,29+/m0/s1. The molecule has 0 radical (unpaired) electrons. The van der Waals surface area contributed by atoms with Crippen LogP contribution in [0, 0.1) is 23.0 Å². The van der Waals surface area contributed by atoms with Crippen molar-refractivity contribution in [2.24, 2.45) is 0 Å². The van der Waals surface area contributed by atoms with Gasteiger partial charge in [-0.15, -0.1) is 0 Å². The number of aryl methyl sites for hydroxylation is 1. The Morgan fingerprint density at radius 1 is 1.02 bits per heavy atom. The summed E-state index contributed by atoms with van der Waals surface area (Å²) < 4.78 is 54.1. The third-order valence-electron chi connectivity index (χ3n) is 6.60. The van der Waals surface area contributed by atoms with Crippen molar-refractivity contribution in [1.82, 2.24) is 14.9 Å². The molecule has 0 aromatic heterocycles. The molecule has 0 aliphatic heterocycles. The molecule has 218 valence electrons. The summed E-state index contributed by atoms with van der Waals surface area (Å²) in [4.78, 5) is 13.1. The first-order valence-electron chi connectivity index (χ1n) is 13.2. The second-order valence-corrected chi connectivity index (χ2v) is 11.7. The van der Waals surface area contributed by atoms with Crippen molar-refractivity contribution >= 4 is 15.9 Å². The molecule has 41 heavy (non-hydrogen) atoms. The number of nitrogens with one attached hydrogen (secondary N) is 2. The first-order chi connectivity index (χ1) is 19.5. The van der Waals surface area contributed by atoms with Crippen molar-refractivity contribution in [3.63, 3.8) is 0 Å². The van der Waals surface area contributed by atoms with E-state index < -0.39 is 39.7 Å². The van der Waals surface area contributed by atoms with Crippen molar-refractivity contribution in [2.75, 3.05) is 20.1 Å². The van der Waals surface area contributed by atoms with Crippen LogP contribution in [0.4, 0.5) is 8.78 Å². The largest absolute Gasteiger partial charge is 0.390 e. The highest BCUT2D eigenvalue weighted by Gasteiger charge is 2.24. The van der Waals surface area contributed by atoms with Gasteiger partial charge in [0.1, 0.15) is 11.6 Å². The van der Waals surface area contributed by atoms with E-state index in [0.29, 0.717) is 6.54 Å². The van der Waals surface area contributed by atoms with Crippen LogP contribution in [0.15, 0.2) is 71.6 Å². The molecule has 0 unspecified atom stereocenters. The number of aliphatic hydroxyl groups is 1. The summed E-state index contributed by atoms with van der Waals surface area (Å²) in [5, 5.41) is 25.6. The maximum atomic E-state index is 13.8. The Labute approximate surface area is 239 Å². The third-order valence-corrected chi connectivity index (χ3v) is 8.48. The summed E-state index contributed by atoms with van der Waals surface area (Å²) in [5.41, 5.74) is 2.59. The van der Waals surface area contributed by atoms with Gasteiger partial charge in [-0.3, -0.25) is 4.79 Å². The minimum atomic E-state index is -3.85. The molecule has 0 aliphatic carbocycles. The predicted octanol–water partition coefficient (Wildman–Crippen LogP) is 3.55. The molecule has 0 heterocycles. The van der Waals surface area contributed by atoms with Crippen LogP contribution in [-0.2, 0) is 29.4 Å². The van der Waals surface area contributed by atoms with E-state index in [-0.39, 0.29) is 42.0 Å². The Balaban J connectivity index is 1.74. The summed E-state index contributed by atoms with van der Waals surface area (Å²) in [6.07, 6.45) is -0.243. The molecule has 0 saturated heterocycles. The zero-order chi connectivity index (χ0) is 30.0. The van der Waals surface area contributed by atoms with Crippen molar-refractivity contribution < 1.29 is 27.1 Å². The Kier molecular flexibility index (Phi) is 11.5. The fourth-order valence-corrected chi connectivity index (χ4v) is 5.44. The summed E-state index contributed by atoms with van der Waals surface area (Å²) in [5.74, 6) is -2.14. The third kappa shape index (κ3) is 9.16. The molecular formula is C30H34F2N4O4S. The molecule has 2 atom stereocenters. The summed E-state index contributed by atoms with van der Waals surface area (Å²) in [6, 6.07) is 17.2. The number of carbonyl (C=O) groups is 1. The van der Waals surface area contributed by atoms with Crippen LogP contribution in [0.3, 0.4) is 0 Å². The van der Waals surface area contributed by atoms with Crippen molar-refractivity contribution in [2.45, 2.75) is 49.8 Å². The number of benzene rings is 3.